The highest BCUT2D eigenvalue weighted by Gasteiger charge is 2.41. The zero-order chi connectivity index (χ0) is 13.9. The van der Waals surface area contributed by atoms with E-state index in [0.29, 0.717) is 0 Å². The normalized spacial score (nSPS) is 11.7. The third-order valence-corrected chi connectivity index (χ3v) is 2.62. The molecule has 0 saturated heterocycles. The first kappa shape index (κ1) is 15.0. The Kier molecular flexibility index (Phi) is 4.74. The molecule has 0 atom stereocenters. The van der Waals surface area contributed by atoms with Gasteiger partial charge in [0.05, 0.1) is 6.61 Å². The maximum atomic E-state index is 12.7. The number of esters is 1. The van der Waals surface area contributed by atoms with Gasteiger partial charge in [0.1, 0.15) is 0 Å². The molecule has 0 aliphatic carbocycles. The van der Waals surface area contributed by atoms with Crippen molar-refractivity contribution in [2.75, 3.05) is 13.2 Å². The van der Waals surface area contributed by atoms with Crippen LogP contribution in [0.5, 0.6) is 0 Å². The Bertz CT molecular complexity index is 445. The number of ether oxygens (including phenoxy) is 1. The van der Waals surface area contributed by atoms with E-state index < -0.39 is 23.5 Å². The summed E-state index contributed by atoms with van der Waals surface area (Å²) in [5.41, 5.74) is 3.37. The molecule has 0 aliphatic rings. The molecular formula is C9H11BrF3N3O2. The fourth-order valence-electron chi connectivity index (χ4n) is 1.36. The summed E-state index contributed by atoms with van der Waals surface area (Å²) < 4.78 is 43.8. The van der Waals surface area contributed by atoms with Gasteiger partial charge in [0.15, 0.2) is 16.1 Å². The highest BCUT2D eigenvalue weighted by molar-refractivity contribution is 9.10. The minimum Gasteiger partial charge on any atom is -0.461 e. The summed E-state index contributed by atoms with van der Waals surface area (Å²) >= 11 is 2.87. The Labute approximate surface area is 109 Å². The molecule has 0 bridgehead atoms. The zero-order valence-corrected chi connectivity index (χ0v) is 11.0. The average Bonchev–Trinajstić information content (AvgIpc) is 2.57. The van der Waals surface area contributed by atoms with Gasteiger partial charge in [-0.15, -0.1) is 0 Å². The number of nitrogens with two attached hydrogens (primary N) is 1. The molecule has 5 nitrogen and oxygen atoms in total. The van der Waals surface area contributed by atoms with Gasteiger partial charge in [0.2, 0.25) is 0 Å². The number of hydrogen-bond acceptors (Lipinski definition) is 4. The van der Waals surface area contributed by atoms with E-state index in [1.165, 1.54) is 6.92 Å². The molecule has 1 aromatic heterocycles. The summed E-state index contributed by atoms with van der Waals surface area (Å²) in [6.07, 6.45) is -4.73. The van der Waals surface area contributed by atoms with E-state index >= 15 is 0 Å². The summed E-state index contributed by atoms with van der Waals surface area (Å²) in [6.45, 7) is 1.57. The minimum atomic E-state index is -4.73. The fraction of sp³-hybridized carbons (Fsp3) is 0.556. The van der Waals surface area contributed by atoms with Crippen molar-refractivity contribution in [2.24, 2.45) is 5.73 Å². The van der Waals surface area contributed by atoms with Crippen molar-refractivity contribution in [3.05, 3.63) is 16.1 Å². The monoisotopic (exact) mass is 329 g/mol. The van der Waals surface area contributed by atoms with Gasteiger partial charge in [-0.05, 0) is 22.9 Å². The van der Waals surface area contributed by atoms with Crippen molar-refractivity contribution in [2.45, 2.75) is 19.6 Å². The average molecular weight is 330 g/mol. The highest BCUT2D eigenvalue weighted by atomic mass is 79.9. The summed E-state index contributed by atoms with van der Waals surface area (Å²) in [5.74, 6) is -1.07. The van der Waals surface area contributed by atoms with E-state index in [2.05, 4.69) is 25.7 Å². The quantitative estimate of drug-likeness (QED) is 0.855. The van der Waals surface area contributed by atoms with Crippen molar-refractivity contribution in [3.8, 4) is 0 Å². The predicted octanol–water partition coefficient (Wildman–Crippen LogP) is 1.80. The first-order valence-electron chi connectivity index (χ1n) is 5.03. The molecule has 0 radical (unpaired) electrons. The Morgan fingerprint density at radius 2 is 2.17 bits per heavy atom. The lowest BCUT2D eigenvalue weighted by Crippen LogP contribution is -2.21. The molecule has 0 fully saturated rings. The van der Waals surface area contributed by atoms with E-state index in [1.54, 1.807) is 0 Å². The van der Waals surface area contributed by atoms with Crippen LogP contribution in [0.3, 0.4) is 0 Å². The van der Waals surface area contributed by atoms with Crippen LogP contribution in [0.25, 0.3) is 0 Å². The Morgan fingerprint density at radius 1 is 1.56 bits per heavy atom. The molecule has 0 aromatic carbocycles. The minimum absolute atomic E-state index is 0.0256. The third kappa shape index (κ3) is 3.02. The maximum absolute atomic E-state index is 12.7. The lowest BCUT2D eigenvalue weighted by molar-refractivity contribution is -0.141. The standard InChI is InChI=1S/C9H11BrF3N3O2/c1-2-18-7(17)5-6(9(11,12)13)15-8(10)16(5)4-3-14/h2-4,14H2,1H3. The molecule has 0 saturated carbocycles. The van der Waals surface area contributed by atoms with Crippen LogP contribution in [-0.4, -0.2) is 28.7 Å². The number of hydrogen-bond donors (Lipinski definition) is 1. The molecule has 0 aliphatic heterocycles. The van der Waals surface area contributed by atoms with E-state index in [0.717, 1.165) is 4.57 Å². The summed E-state index contributed by atoms with van der Waals surface area (Å²) in [5, 5.41) is 0. The smallest absolute Gasteiger partial charge is 0.435 e. The summed E-state index contributed by atoms with van der Waals surface area (Å²) in [7, 11) is 0. The molecular weight excluding hydrogens is 319 g/mol. The Hall–Kier alpha value is -1.09. The first-order valence-corrected chi connectivity index (χ1v) is 5.82. The molecule has 0 unspecified atom stereocenters. The van der Waals surface area contributed by atoms with Crippen LogP contribution < -0.4 is 5.73 Å². The number of imidazole rings is 1. The number of aromatic nitrogens is 2. The first-order chi connectivity index (χ1) is 8.32. The van der Waals surface area contributed by atoms with Gasteiger partial charge in [-0.2, -0.15) is 13.2 Å². The zero-order valence-electron chi connectivity index (χ0n) is 9.42. The Morgan fingerprint density at radius 3 is 2.61 bits per heavy atom. The van der Waals surface area contributed by atoms with Crippen LogP contribution in [0, 0.1) is 0 Å². The molecule has 18 heavy (non-hydrogen) atoms. The number of rotatable bonds is 4. The van der Waals surface area contributed by atoms with Gasteiger partial charge in [-0.25, -0.2) is 9.78 Å². The molecule has 1 aromatic rings. The van der Waals surface area contributed by atoms with Gasteiger partial charge in [0.25, 0.3) is 0 Å². The van der Waals surface area contributed by atoms with Gasteiger partial charge in [-0.1, -0.05) is 0 Å². The van der Waals surface area contributed by atoms with Gasteiger partial charge in [-0.3, -0.25) is 0 Å². The van der Waals surface area contributed by atoms with Crippen molar-refractivity contribution in [1.82, 2.24) is 9.55 Å². The van der Waals surface area contributed by atoms with Crippen LogP contribution in [0.1, 0.15) is 23.1 Å². The topological polar surface area (TPSA) is 70.1 Å². The van der Waals surface area contributed by atoms with Gasteiger partial charge >= 0.3 is 12.1 Å². The van der Waals surface area contributed by atoms with Crippen LogP contribution in [0.15, 0.2) is 4.73 Å². The Balaban J connectivity index is 3.35. The van der Waals surface area contributed by atoms with E-state index in [1.807, 2.05) is 0 Å². The number of carbonyl (C=O) groups excluding carboxylic acids is 1. The fourth-order valence-corrected chi connectivity index (χ4v) is 1.89. The molecule has 9 heteroatoms. The van der Waals surface area contributed by atoms with Crippen molar-refractivity contribution in [1.29, 1.82) is 0 Å². The van der Waals surface area contributed by atoms with Crippen LogP contribution in [0.2, 0.25) is 0 Å². The van der Waals surface area contributed by atoms with Crippen LogP contribution in [0.4, 0.5) is 13.2 Å². The second-order valence-electron chi connectivity index (χ2n) is 3.24. The SMILES string of the molecule is CCOC(=O)c1c(C(F)(F)F)nc(Br)n1CCN. The number of alkyl halides is 3. The van der Waals surface area contributed by atoms with Crippen molar-refractivity contribution in [3.63, 3.8) is 0 Å². The van der Waals surface area contributed by atoms with Gasteiger partial charge < -0.3 is 15.0 Å². The second kappa shape index (κ2) is 5.70. The lowest BCUT2D eigenvalue weighted by atomic mass is 10.3. The number of nitrogens with zero attached hydrogens (tertiary/aromatic N) is 2. The third-order valence-electron chi connectivity index (χ3n) is 2.01. The van der Waals surface area contributed by atoms with E-state index in [-0.39, 0.29) is 24.4 Å². The largest absolute Gasteiger partial charge is 0.461 e. The molecule has 0 amide bonds. The van der Waals surface area contributed by atoms with Crippen molar-refractivity contribution < 1.29 is 22.7 Å². The van der Waals surface area contributed by atoms with Crippen LogP contribution >= 0.6 is 15.9 Å². The second-order valence-corrected chi connectivity index (χ2v) is 3.95. The number of carbonyl (C=O) groups is 1. The maximum Gasteiger partial charge on any atom is 0.435 e. The van der Waals surface area contributed by atoms with Crippen molar-refractivity contribution >= 4 is 21.9 Å². The molecule has 102 valence electrons. The number of halogens is 4. The molecule has 1 heterocycles. The summed E-state index contributed by atoms with van der Waals surface area (Å²) in [6, 6.07) is 0. The van der Waals surface area contributed by atoms with Crippen LogP contribution in [-0.2, 0) is 17.5 Å². The highest BCUT2D eigenvalue weighted by Crippen LogP contribution is 2.33. The lowest BCUT2D eigenvalue weighted by Gasteiger charge is -2.10. The molecule has 1 rings (SSSR count). The molecule has 0 spiro atoms. The van der Waals surface area contributed by atoms with E-state index in [9.17, 15) is 18.0 Å². The van der Waals surface area contributed by atoms with E-state index in [4.69, 9.17) is 5.73 Å². The predicted molar refractivity (Wildman–Crippen MR) is 59.9 cm³/mol. The molecule has 2 N–H and O–H groups in total. The summed E-state index contributed by atoms with van der Waals surface area (Å²) in [4.78, 5) is 14.9. The van der Waals surface area contributed by atoms with Gasteiger partial charge in [0, 0.05) is 13.1 Å².